The minimum absolute atomic E-state index is 0.349. The fourth-order valence-electron chi connectivity index (χ4n) is 2.93. The minimum Gasteiger partial charge on any atom is -0.507 e. The molecule has 2 aromatic rings. The van der Waals surface area contributed by atoms with Crippen LogP contribution in [-0.2, 0) is 17.6 Å². The predicted molar refractivity (Wildman–Crippen MR) is 101 cm³/mol. The maximum Gasteiger partial charge on any atom is 0.335 e. The monoisotopic (exact) mass is 338 g/mol. The van der Waals surface area contributed by atoms with Crippen molar-refractivity contribution in [1.82, 2.24) is 0 Å². The molecule has 1 N–H and O–H groups in total. The number of carbonyl (C=O) groups excluding carboxylic acids is 1. The van der Waals surface area contributed by atoms with Crippen LogP contribution in [0.3, 0.4) is 0 Å². The van der Waals surface area contributed by atoms with Gasteiger partial charge in [-0.3, -0.25) is 0 Å². The summed E-state index contributed by atoms with van der Waals surface area (Å²) < 4.78 is 5.35. The summed E-state index contributed by atoms with van der Waals surface area (Å²) in [5.74, 6) is 0.371. The smallest absolute Gasteiger partial charge is 0.335 e. The number of phenols is 1. The first-order valence-electron chi connectivity index (χ1n) is 8.69. The number of hydrogen-bond acceptors (Lipinski definition) is 3. The standard InChI is InChI=1S/C22H26O3/c1-5-7-8-17-12-16(4)13-19(22(17)24)14-18-11-15(3)9-10-20(18)25-21(23)6-2/h6,9-13,24H,2,5,7-8,14H2,1,3-4H3. The summed E-state index contributed by atoms with van der Waals surface area (Å²) in [5.41, 5.74) is 4.90. The zero-order valence-corrected chi connectivity index (χ0v) is 15.3. The number of rotatable bonds is 7. The van der Waals surface area contributed by atoms with Gasteiger partial charge in [-0.25, -0.2) is 4.79 Å². The number of phenolic OH excluding ortho intramolecular Hbond substituents is 1. The van der Waals surface area contributed by atoms with E-state index in [1.54, 1.807) is 6.07 Å². The molecule has 0 aliphatic heterocycles. The van der Waals surface area contributed by atoms with Gasteiger partial charge >= 0.3 is 5.97 Å². The van der Waals surface area contributed by atoms with E-state index in [4.69, 9.17) is 4.74 Å². The number of esters is 1. The second-order valence-electron chi connectivity index (χ2n) is 6.45. The van der Waals surface area contributed by atoms with Gasteiger partial charge < -0.3 is 9.84 Å². The molecule has 3 heteroatoms. The molecule has 0 aliphatic carbocycles. The van der Waals surface area contributed by atoms with Crippen LogP contribution in [0, 0.1) is 13.8 Å². The summed E-state index contributed by atoms with van der Waals surface area (Å²) in [6.07, 6.45) is 4.65. The van der Waals surface area contributed by atoms with Crippen LogP contribution < -0.4 is 4.74 Å². The topological polar surface area (TPSA) is 46.5 Å². The van der Waals surface area contributed by atoms with Crippen molar-refractivity contribution in [2.24, 2.45) is 0 Å². The molecule has 0 aliphatic rings. The fraction of sp³-hybridized carbons (Fsp3) is 0.318. The molecule has 0 atom stereocenters. The first kappa shape index (κ1) is 18.8. The molecular formula is C22H26O3. The second kappa shape index (κ2) is 8.52. The van der Waals surface area contributed by atoms with Crippen LogP contribution >= 0.6 is 0 Å². The molecule has 2 rings (SSSR count). The Labute approximate surface area is 150 Å². The molecule has 132 valence electrons. The lowest BCUT2D eigenvalue weighted by Crippen LogP contribution is -2.06. The van der Waals surface area contributed by atoms with Gasteiger partial charge in [-0.15, -0.1) is 0 Å². The van der Waals surface area contributed by atoms with Crippen molar-refractivity contribution in [3.8, 4) is 11.5 Å². The van der Waals surface area contributed by atoms with Gasteiger partial charge in [-0.1, -0.05) is 55.3 Å². The van der Waals surface area contributed by atoms with Gasteiger partial charge in [0.25, 0.3) is 0 Å². The highest BCUT2D eigenvalue weighted by atomic mass is 16.5. The highest BCUT2D eigenvalue weighted by Gasteiger charge is 2.13. The van der Waals surface area contributed by atoms with Gasteiger partial charge in [-0.2, -0.15) is 0 Å². The van der Waals surface area contributed by atoms with Gasteiger partial charge in [0, 0.05) is 12.5 Å². The number of aryl methyl sites for hydroxylation is 3. The fourth-order valence-corrected chi connectivity index (χ4v) is 2.93. The number of unbranched alkanes of at least 4 members (excludes halogenated alkanes) is 1. The van der Waals surface area contributed by atoms with E-state index in [0.29, 0.717) is 17.9 Å². The maximum atomic E-state index is 11.6. The van der Waals surface area contributed by atoms with Crippen LogP contribution in [0.25, 0.3) is 0 Å². The van der Waals surface area contributed by atoms with Gasteiger partial charge in [0.15, 0.2) is 0 Å². The largest absolute Gasteiger partial charge is 0.507 e. The van der Waals surface area contributed by atoms with Gasteiger partial charge in [0.2, 0.25) is 0 Å². The summed E-state index contributed by atoms with van der Waals surface area (Å²) >= 11 is 0. The SMILES string of the molecule is C=CC(=O)Oc1ccc(C)cc1Cc1cc(C)cc(CCCC)c1O. The van der Waals surface area contributed by atoms with E-state index in [1.807, 2.05) is 38.1 Å². The highest BCUT2D eigenvalue weighted by molar-refractivity contribution is 5.83. The molecule has 0 saturated heterocycles. The van der Waals surface area contributed by atoms with Crippen molar-refractivity contribution in [3.63, 3.8) is 0 Å². The van der Waals surface area contributed by atoms with E-state index in [-0.39, 0.29) is 0 Å². The minimum atomic E-state index is -0.484. The third kappa shape index (κ3) is 4.96. The predicted octanol–water partition coefficient (Wildman–Crippen LogP) is 5.03. The van der Waals surface area contributed by atoms with E-state index in [9.17, 15) is 9.90 Å². The summed E-state index contributed by atoms with van der Waals surface area (Å²) in [4.78, 5) is 11.6. The average Bonchev–Trinajstić information content (AvgIpc) is 2.58. The van der Waals surface area contributed by atoms with Crippen molar-refractivity contribution in [2.45, 2.75) is 46.5 Å². The molecule has 25 heavy (non-hydrogen) atoms. The lowest BCUT2D eigenvalue weighted by molar-refractivity contribution is -0.129. The van der Waals surface area contributed by atoms with Crippen molar-refractivity contribution in [1.29, 1.82) is 0 Å². The Bertz CT molecular complexity index is 775. The average molecular weight is 338 g/mol. The lowest BCUT2D eigenvalue weighted by atomic mass is 9.95. The first-order valence-corrected chi connectivity index (χ1v) is 8.69. The molecule has 0 aromatic heterocycles. The number of carbonyl (C=O) groups is 1. The summed E-state index contributed by atoms with van der Waals surface area (Å²) in [6, 6.07) is 9.71. The van der Waals surface area contributed by atoms with Gasteiger partial charge in [0.1, 0.15) is 11.5 Å². The van der Waals surface area contributed by atoms with Crippen LogP contribution in [0.5, 0.6) is 11.5 Å². The van der Waals surface area contributed by atoms with Gasteiger partial charge in [-0.05, 0) is 49.4 Å². The molecule has 0 heterocycles. The van der Waals surface area contributed by atoms with E-state index < -0.39 is 5.97 Å². The molecule has 0 fully saturated rings. The van der Waals surface area contributed by atoms with Gasteiger partial charge in [0.05, 0.1) is 0 Å². The molecular weight excluding hydrogens is 312 g/mol. The number of hydrogen-bond donors (Lipinski definition) is 1. The molecule has 0 unspecified atom stereocenters. The normalized spacial score (nSPS) is 10.5. The van der Waals surface area contributed by atoms with E-state index in [2.05, 4.69) is 13.5 Å². The molecule has 0 radical (unpaired) electrons. The lowest BCUT2D eigenvalue weighted by Gasteiger charge is -2.14. The Morgan fingerprint density at radius 2 is 1.80 bits per heavy atom. The zero-order valence-electron chi connectivity index (χ0n) is 15.3. The summed E-state index contributed by atoms with van der Waals surface area (Å²) in [7, 11) is 0. The quantitative estimate of drug-likeness (QED) is 0.437. The molecule has 0 spiro atoms. The van der Waals surface area contributed by atoms with E-state index >= 15 is 0 Å². The molecule has 3 nitrogen and oxygen atoms in total. The molecule has 0 saturated carbocycles. The Hall–Kier alpha value is -2.55. The van der Waals surface area contributed by atoms with Crippen molar-refractivity contribution >= 4 is 5.97 Å². The van der Waals surface area contributed by atoms with E-state index in [1.165, 1.54) is 0 Å². The number of aromatic hydroxyl groups is 1. The van der Waals surface area contributed by atoms with Crippen molar-refractivity contribution in [3.05, 3.63) is 70.8 Å². The van der Waals surface area contributed by atoms with Crippen LogP contribution in [0.15, 0.2) is 43.0 Å². The Morgan fingerprint density at radius 1 is 1.12 bits per heavy atom. The zero-order chi connectivity index (χ0) is 18.4. The Morgan fingerprint density at radius 3 is 2.48 bits per heavy atom. The second-order valence-corrected chi connectivity index (χ2v) is 6.45. The van der Waals surface area contributed by atoms with Crippen LogP contribution in [-0.4, -0.2) is 11.1 Å². The van der Waals surface area contributed by atoms with Crippen molar-refractivity contribution < 1.29 is 14.6 Å². The van der Waals surface area contributed by atoms with E-state index in [0.717, 1.165) is 53.2 Å². The highest BCUT2D eigenvalue weighted by Crippen LogP contribution is 2.31. The molecule has 2 aromatic carbocycles. The Balaban J connectivity index is 2.38. The molecule has 0 bridgehead atoms. The Kier molecular flexibility index (Phi) is 6.40. The third-order valence-corrected chi connectivity index (χ3v) is 4.19. The maximum absolute atomic E-state index is 11.6. The third-order valence-electron chi connectivity index (χ3n) is 4.19. The summed E-state index contributed by atoms with van der Waals surface area (Å²) in [5, 5.41) is 10.7. The van der Waals surface area contributed by atoms with Crippen LogP contribution in [0.1, 0.15) is 47.6 Å². The first-order chi connectivity index (χ1) is 11.9. The van der Waals surface area contributed by atoms with Crippen molar-refractivity contribution in [2.75, 3.05) is 0 Å². The van der Waals surface area contributed by atoms with Crippen LogP contribution in [0.2, 0.25) is 0 Å². The number of benzene rings is 2. The summed E-state index contributed by atoms with van der Waals surface area (Å²) in [6.45, 7) is 9.61. The molecule has 0 amide bonds. The van der Waals surface area contributed by atoms with Crippen LogP contribution in [0.4, 0.5) is 0 Å². The number of ether oxygens (including phenoxy) is 1.